The zero-order chi connectivity index (χ0) is 25.5. The lowest BCUT2D eigenvalue weighted by Crippen LogP contribution is -2.40. The fourth-order valence-corrected chi connectivity index (χ4v) is 6.40. The van der Waals surface area contributed by atoms with Crippen molar-refractivity contribution in [2.75, 3.05) is 20.3 Å². The van der Waals surface area contributed by atoms with Gasteiger partial charge in [0.25, 0.3) is 0 Å². The molecule has 0 bridgehead atoms. The SMILES string of the molecule is COCCN1C2=C(C(=O)CCC2)C(c2cn(Cc3ccc(F)cc3)c3ccccc23)C2=C1CCCC2=O. The number of fused-ring (bicyclic) bond motifs is 1. The van der Waals surface area contributed by atoms with Crippen molar-refractivity contribution in [3.05, 3.63) is 94.2 Å². The Morgan fingerprint density at radius 1 is 0.892 bits per heavy atom. The van der Waals surface area contributed by atoms with Gasteiger partial charge in [-0.05, 0) is 55.0 Å². The molecule has 2 aliphatic carbocycles. The standard InChI is InChI=1S/C31H31FN2O3/c1-37-17-16-34-25-8-4-10-27(35)30(25)29(31-26(34)9-5-11-28(31)36)23-19-33(24-7-3-2-6-22(23)24)18-20-12-14-21(32)15-13-20/h2-3,6-7,12-15,19,29H,4-5,8-11,16-18H2,1H3. The monoisotopic (exact) mass is 498 g/mol. The largest absolute Gasteiger partial charge is 0.383 e. The van der Waals surface area contributed by atoms with Crippen molar-refractivity contribution in [2.24, 2.45) is 0 Å². The molecular weight excluding hydrogens is 467 g/mol. The summed E-state index contributed by atoms with van der Waals surface area (Å²) in [5.74, 6) is -0.320. The van der Waals surface area contributed by atoms with Crippen molar-refractivity contribution in [2.45, 2.75) is 51.0 Å². The smallest absolute Gasteiger partial charge is 0.161 e. The summed E-state index contributed by atoms with van der Waals surface area (Å²) in [5.41, 5.74) is 6.77. The number of hydrogen-bond donors (Lipinski definition) is 0. The van der Waals surface area contributed by atoms with Crippen molar-refractivity contribution >= 4 is 22.5 Å². The van der Waals surface area contributed by atoms with Gasteiger partial charge >= 0.3 is 0 Å². The van der Waals surface area contributed by atoms with E-state index < -0.39 is 0 Å². The van der Waals surface area contributed by atoms with E-state index in [1.165, 1.54) is 12.1 Å². The summed E-state index contributed by atoms with van der Waals surface area (Å²) in [6, 6.07) is 14.7. The van der Waals surface area contributed by atoms with Crippen LogP contribution in [0.4, 0.5) is 4.39 Å². The Labute approximate surface area is 216 Å². The quantitative estimate of drug-likeness (QED) is 0.425. The van der Waals surface area contributed by atoms with Crippen LogP contribution in [-0.4, -0.2) is 41.3 Å². The maximum Gasteiger partial charge on any atom is 0.161 e. The lowest BCUT2D eigenvalue weighted by atomic mass is 9.71. The van der Waals surface area contributed by atoms with E-state index in [0.717, 1.165) is 70.3 Å². The minimum atomic E-state index is -0.358. The summed E-state index contributed by atoms with van der Waals surface area (Å²) < 4.78 is 21.1. The average molecular weight is 499 g/mol. The fourth-order valence-electron chi connectivity index (χ4n) is 6.40. The highest BCUT2D eigenvalue weighted by atomic mass is 19.1. The van der Waals surface area contributed by atoms with E-state index in [-0.39, 0.29) is 23.3 Å². The molecule has 0 atom stereocenters. The highest BCUT2D eigenvalue weighted by Gasteiger charge is 2.44. The van der Waals surface area contributed by atoms with E-state index in [0.29, 0.717) is 32.5 Å². The van der Waals surface area contributed by atoms with Crippen molar-refractivity contribution in [1.82, 2.24) is 9.47 Å². The van der Waals surface area contributed by atoms with Gasteiger partial charge in [0.2, 0.25) is 0 Å². The number of rotatable bonds is 6. The molecule has 0 saturated carbocycles. The zero-order valence-corrected chi connectivity index (χ0v) is 21.1. The Hall–Kier alpha value is -3.51. The average Bonchev–Trinajstić information content (AvgIpc) is 3.26. The number of hydrogen-bond acceptors (Lipinski definition) is 4. The van der Waals surface area contributed by atoms with E-state index in [1.807, 2.05) is 12.1 Å². The molecule has 0 N–H and O–H groups in total. The maximum atomic E-state index is 13.6. The first-order valence-electron chi connectivity index (χ1n) is 13.2. The van der Waals surface area contributed by atoms with Crippen molar-refractivity contribution in [1.29, 1.82) is 0 Å². The molecule has 6 rings (SSSR count). The summed E-state index contributed by atoms with van der Waals surface area (Å²) in [6.07, 6.45) is 6.47. The molecule has 6 heteroatoms. The van der Waals surface area contributed by atoms with Crippen LogP contribution in [0.25, 0.3) is 10.9 Å². The molecule has 1 aromatic heterocycles. The number of benzene rings is 2. The summed E-state index contributed by atoms with van der Waals surface area (Å²) in [5, 5.41) is 1.05. The first kappa shape index (κ1) is 23.9. The number of aromatic nitrogens is 1. The molecule has 0 saturated heterocycles. The summed E-state index contributed by atoms with van der Waals surface area (Å²) >= 11 is 0. The molecule has 0 fully saturated rings. The van der Waals surface area contributed by atoms with Gasteiger partial charge in [-0.15, -0.1) is 0 Å². The van der Waals surface area contributed by atoms with Crippen LogP contribution in [0.1, 0.15) is 55.6 Å². The normalized spacial score (nSPS) is 18.6. The Morgan fingerprint density at radius 3 is 2.19 bits per heavy atom. The third-order valence-corrected chi connectivity index (χ3v) is 8.00. The summed E-state index contributed by atoms with van der Waals surface area (Å²) in [7, 11) is 1.69. The number of nitrogens with zero attached hydrogens (tertiary/aromatic N) is 2. The van der Waals surface area contributed by atoms with Gasteiger partial charge in [-0.25, -0.2) is 4.39 Å². The molecule has 0 amide bonds. The molecule has 1 aliphatic heterocycles. The number of methoxy groups -OCH3 is 1. The van der Waals surface area contributed by atoms with Crippen LogP contribution < -0.4 is 0 Å². The number of allylic oxidation sites excluding steroid dienone is 4. The van der Waals surface area contributed by atoms with E-state index >= 15 is 0 Å². The predicted octanol–water partition coefficient (Wildman–Crippen LogP) is 5.89. The number of carbonyl (C=O) groups is 2. The molecule has 3 aromatic rings. The molecular formula is C31H31FN2O3. The van der Waals surface area contributed by atoms with E-state index in [2.05, 4.69) is 27.8 Å². The second kappa shape index (κ2) is 9.75. The van der Waals surface area contributed by atoms with Gasteiger partial charge in [-0.2, -0.15) is 0 Å². The second-order valence-electron chi connectivity index (χ2n) is 10.2. The van der Waals surface area contributed by atoms with Crippen molar-refractivity contribution < 1.29 is 18.7 Å². The van der Waals surface area contributed by atoms with Crippen LogP contribution in [0.5, 0.6) is 0 Å². The number of Topliss-reactive ketones (excluding diaryl/α,β-unsaturated/α-hetero) is 2. The van der Waals surface area contributed by atoms with Crippen molar-refractivity contribution in [3.8, 4) is 0 Å². The summed E-state index contributed by atoms with van der Waals surface area (Å²) in [6.45, 7) is 1.76. The number of ether oxygens (including phenoxy) is 1. The molecule has 3 aliphatic rings. The molecule has 5 nitrogen and oxygen atoms in total. The molecule has 37 heavy (non-hydrogen) atoms. The highest BCUT2D eigenvalue weighted by molar-refractivity contribution is 6.07. The Balaban J connectivity index is 1.55. The molecule has 2 heterocycles. The van der Waals surface area contributed by atoms with Gasteiger partial charge in [0.15, 0.2) is 11.6 Å². The number of halogens is 1. The van der Waals surface area contributed by atoms with Gasteiger partial charge in [0.1, 0.15) is 5.82 Å². The van der Waals surface area contributed by atoms with Crippen LogP contribution in [0.3, 0.4) is 0 Å². The number of ketones is 2. The lowest BCUT2D eigenvalue weighted by molar-refractivity contribution is -0.117. The minimum Gasteiger partial charge on any atom is -0.383 e. The van der Waals surface area contributed by atoms with Crippen LogP contribution in [0, 0.1) is 5.82 Å². The third kappa shape index (κ3) is 4.13. The van der Waals surface area contributed by atoms with Gasteiger partial charge in [-0.1, -0.05) is 30.3 Å². The first-order chi connectivity index (χ1) is 18.1. The van der Waals surface area contributed by atoms with E-state index in [1.54, 1.807) is 19.2 Å². The third-order valence-electron chi connectivity index (χ3n) is 8.00. The van der Waals surface area contributed by atoms with Gasteiger partial charge < -0.3 is 14.2 Å². The van der Waals surface area contributed by atoms with E-state index in [9.17, 15) is 14.0 Å². The molecule has 0 spiro atoms. The van der Waals surface area contributed by atoms with Gasteiger partial charge in [0.05, 0.1) is 6.61 Å². The van der Waals surface area contributed by atoms with Crippen LogP contribution in [-0.2, 0) is 20.9 Å². The highest BCUT2D eigenvalue weighted by Crippen LogP contribution is 2.50. The molecule has 0 unspecified atom stereocenters. The summed E-state index contributed by atoms with van der Waals surface area (Å²) in [4.78, 5) is 29.4. The van der Waals surface area contributed by atoms with Gasteiger partial charge in [0, 0.05) is 78.6 Å². The first-order valence-corrected chi connectivity index (χ1v) is 13.2. The lowest BCUT2D eigenvalue weighted by Gasteiger charge is -2.43. The zero-order valence-electron chi connectivity index (χ0n) is 21.1. The Bertz CT molecular complexity index is 1400. The Kier molecular flexibility index (Phi) is 6.29. The molecule has 2 aromatic carbocycles. The Morgan fingerprint density at radius 2 is 1.54 bits per heavy atom. The van der Waals surface area contributed by atoms with E-state index in [4.69, 9.17) is 4.74 Å². The molecule has 190 valence electrons. The van der Waals surface area contributed by atoms with Gasteiger partial charge in [-0.3, -0.25) is 9.59 Å². The topological polar surface area (TPSA) is 51.5 Å². The van der Waals surface area contributed by atoms with Crippen LogP contribution in [0.15, 0.2) is 77.3 Å². The number of carbonyl (C=O) groups excluding carboxylic acids is 2. The van der Waals surface area contributed by atoms with Crippen LogP contribution in [0.2, 0.25) is 0 Å². The number of para-hydroxylation sites is 1. The van der Waals surface area contributed by atoms with Crippen LogP contribution >= 0.6 is 0 Å². The molecule has 0 radical (unpaired) electrons. The second-order valence-corrected chi connectivity index (χ2v) is 10.2. The fraction of sp³-hybridized carbons (Fsp3) is 0.355. The van der Waals surface area contributed by atoms with Crippen molar-refractivity contribution in [3.63, 3.8) is 0 Å². The maximum absolute atomic E-state index is 13.6. The predicted molar refractivity (Wildman–Crippen MR) is 141 cm³/mol. The minimum absolute atomic E-state index is 0.147.